The van der Waals surface area contributed by atoms with Crippen LogP contribution in [-0.2, 0) is 4.74 Å². The first-order valence-corrected chi connectivity index (χ1v) is 6.76. The van der Waals surface area contributed by atoms with Gasteiger partial charge < -0.3 is 19.9 Å². The lowest BCUT2D eigenvalue weighted by Crippen LogP contribution is -2.21. The molecule has 0 fully saturated rings. The average Bonchev–Trinajstić information content (AvgIpc) is 2.55. The molecule has 0 amide bonds. The summed E-state index contributed by atoms with van der Waals surface area (Å²) in [6, 6.07) is 15.3. The Kier molecular flexibility index (Phi) is 5.20. The lowest BCUT2D eigenvalue weighted by molar-refractivity contribution is 0.0801. The van der Waals surface area contributed by atoms with E-state index in [4.69, 9.17) is 19.9 Å². The number of methoxy groups -OCH3 is 3. The summed E-state index contributed by atoms with van der Waals surface area (Å²) in [4.78, 5) is 0. The van der Waals surface area contributed by atoms with Crippen LogP contribution in [0.15, 0.2) is 48.5 Å². The molecule has 112 valence electrons. The van der Waals surface area contributed by atoms with Crippen molar-refractivity contribution >= 4 is 0 Å². The molecular formula is C17H21NO3. The molecule has 0 aliphatic rings. The summed E-state index contributed by atoms with van der Waals surface area (Å²) in [5.74, 6) is 1.34. The first-order valence-electron chi connectivity index (χ1n) is 6.76. The molecule has 2 rings (SSSR count). The van der Waals surface area contributed by atoms with E-state index in [0.717, 1.165) is 11.1 Å². The fourth-order valence-electron chi connectivity index (χ4n) is 2.37. The van der Waals surface area contributed by atoms with Gasteiger partial charge in [-0.25, -0.2) is 0 Å². The molecule has 0 saturated heterocycles. The van der Waals surface area contributed by atoms with Gasteiger partial charge >= 0.3 is 0 Å². The van der Waals surface area contributed by atoms with Crippen molar-refractivity contribution in [3.8, 4) is 11.5 Å². The van der Waals surface area contributed by atoms with E-state index in [-0.39, 0.29) is 12.1 Å². The molecule has 2 aromatic carbocycles. The van der Waals surface area contributed by atoms with Crippen LogP contribution < -0.4 is 15.2 Å². The van der Waals surface area contributed by atoms with Gasteiger partial charge in [0.05, 0.1) is 20.3 Å². The normalized spacial score (nSPS) is 13.5. The van der Waals surface area contributed by atoms with E-state index in [1.165, 1.54) is 0 Å². The summed E-state index contributed by atoms with van der Waals surface area (Å²) in [6.45, 7) is 0. The van der Waals surface area contributed by atoms with Crippen molar-refractivity contribution in [2.75, 3.05) is 21.3 Å². The Bertz CT molecular complexity index is 572. The fraction of sp³-hybridized carbons (Fsp3) is 0.294. The zero-order chi connectivity index (χ0) is 15.2. The van der Waals surface area contributed by atoms with Gasteiger partial charge in [0.15, 0.2) is 11.5 Å². The number of rotatable bonds is 6. The molecular weight excluding hydrogens is 266 g/mol. The lowest BCUT2D eigenvalue weighted by atomic mass is 9.96. The van der Waals surface area contributed by atoms with Crippen LogP contribution in [0.3, 0.4) is 0 Å². The predicted octanol–water partition coefficient (Wildman–Crippen LogP) is 3.09. The maximum Gasteiger partial charge on any atom is 0.161 e. The van der Waals surface area contributed by atoms with E-state index in [1.54, 1.807) is 21.3 Å². The minimum atomic E-state index is -0.294. The van der Waals surface area contributed by atoms with Gasteiger partial charge in [-0.1, -0.05) is 36.4 Å². The molecule has 0 aromatic heterocycles. The number of hydrogen-bond donors (Lipinski definition) is 1. The van der Waals surface area contributed by atoms with Crippen molar-refractivity contribution in [2.45, 2.75) is 12.1 Å². The fourth-order valence-corrected chi connectivity index (χ4v) is 2.37. The zero-order valence-corrected chi connectivity index (χ0v) is 12.6. The second kappa shape index (κ2) is 7.11. The quantitative estimate of drug-likeness (QED) is 0.887. The van der Waals surface area contributed by atoms with Crippen LogP contribution >= 0.6 is 0 Å². The summed E-state index contributed by atoms with van der Waals surface area (Å²) in [5.41, 5.74) is 8.35. The molecule has 0 saturated carbocycles. The van der Waals surface area contributed by atoms with Crippen molar-refractivity contribution < 1.29 is 14.2 Å². The number of benzene rings is 2. The molecule has 4 heteroatoms. The van der Waals surface area contributed by atoms with Crippen molar-refractivity contribution in [3.05, 3.63) is 59.7 Å². The second-order valence-electron chi connectivity index (χ2n) is 4.71. The van der Waals surface area contributed by atoms with E-state index in [1.807, 2.05) is 48.5 Å². The van der Waals surface area contributed by atoms with Crippen LogP contribution in [0.25, 0.3) is 0 Å². The Morgan fingerprint density at radius 3 is 2.05 bits per heavy atom. The minimum Gasteiger partial charge on any atom is -0.493 e. The van der Waals surface area contributed by atoms with Crippen LogP contribution in [-0.4, -0.2) is 21.3 Å². The molecule has 2 atom stereocenters. The average molecular weight is 287 g/mol. The minimum absolute atomic E-state index is 0.218. The number of ether oxygens (including phenoxy) is 3. The Morgan fingerprint density at radius 1 is 0.810 bits per heavy atom. The van der Waals surface area contributed by atoms with Gasteiger partial charge in [-0.05, 0) is 23.3 Å². The maximum atomic E-state index is 6.38. The Labute approximate surface area is 125 Å². The number of nitrogens with two attached hydrogens (primary N) is 1. The summed E-state index contributed by atoms with van der Waals surface area (Å²) < 4.78 is 16.2. The van der Waals surface area contributed by atoms with E-state index >= 15 is 0 Å². The molecule has 2 aromatic rings. The topological polar surface area (TPSA) is 53.7 Å². The van der Waals surface area contributed by atoms with E-state index < -0.39 is 0 Å². The summed E-state index contributed by atoms with van der Waals surface area (Å²) in [6.07, 6.45) is -0.218. The highest BCUT2D eigenvalue weighted by Gasteiger charge is 2.22. The van der Waals surface area contributed by atoms with E-state index in [2.05, 4.69) is 0 Å². The Morgan fingerprint density at radius 2 is 1.48 bits per heavy atom. The van der Waals surface area contributed by atoms with Crippen LogP contribution in [0.1, 0.15) is 23.3 Å². The highest BCUT2D eigenvalue weighted by Crippen LogP contribution is 2.34. The molecule has 0 radical (unpaired) electrons. The van der Waals surface area contributed by atoms with E-state index in [0.29, 0.717) is 11.5 Å². The van der Waals surface area contributed by atoms with Gasteiger partial charge in [0.1, 0.15) is 6.10 Å². The second-order valence-corrected chi connectivity index (χ2v) is 4.71. The molecule has 4 nitrogen and oxygen atoms in total. The van der Waals surface area contributed by atoms with Gasteiger partial charge in [0.2, 0.25) is 0 Å². The molecule has 0 heterocycles. The molecule has 2 N–H and O–H groups in total. The molecule has 2 unspecified atom stereocenters. The third kappa shape index (κ3) is 3.35. The molecule has 0 aliphatic heterocycles. The van der Waals surface area contributed by atoms with Crippen molar-refractivity contribution in [2.24, 2.45) is 5.73 Å². The molecule has 0 aliphatic carbocycles. The first-order chi connectivity index (χ1) is 10.2. The Hall–Kier alpha value is -2.04. The smallest absolute Gasteiger partial charge is 0.161 e. The van der Waals surface area contributed by atoms with Crippen molar-refractivity contribution in [3.63, 3.8) is 0 Å². The standard InChI is InChI=1S/C17H21NO3/c1-19-14-10-9-13(11-15(14)20-2)16(18)17(21-3)12-7-5-4-6-8-12/h4-11,16-17H,18H2,1-3H3. The monoisotopic (exact) mass is 287 g/mol. The molecule has 0 spiro atoms. The van der Waals surface area contributed by atoms with E-state index in [9.17, 15) is 0 Å². The predicted molar refractivity (Wildman–Crippen MR) is 82.7 cm³/mol. The van der Waals surface area contributed by atoms with Crippen LogP contribution in [0, 0.1) is 0 Å². The summed E-state index contributed by atoms with van der Waals surface area (Å²) in [7, 11) is 4.88. The number of hydrogen-bond acceptors (Lipinski definition) is 4. The first kappa shape index (κ1) is 15.4. The summed E-state index contributed by atoms with van der Waals surface area (Å²) >= 11 is 0. The van der Waals surface area contributed by atoms with Crippen molar-refractivity contribution in [1.29, 1.82) is 0 Å². The third-order valence-electron chi connectivity index (χ3n) is 3.50. The SMILES string of the molecule is COc1ccc(C(N)C(OC)c2ccccc2)cc1OC. The molecule has 0 bridgehead atoms. The molecule has 21 heavy (non-hydrogen) atoms. The van der Waals surface area contributed by atoms with Crippen LogP contribution in [0.4, 0.5) is 0 Å². The van der Waals surface area contributed by atoms with Crippen molar-refractivity contribution in [1.82, 2.24) is 0 Å². The van der Waals surface area contributed by atoms with Gasteiger partial charge in [-0.3, -0.25) is 0 Å². The largest absolute Gasteiger partial charge is 0.493 e. The van der Waals surface area contributed by atoms with Gasteiger partial charge in [0, 0.05) is 7.11 Å². The maximum absolute atomic E-state index is 6.38. The van der Waals surface area contributed by atoms with Gasteiger partial charge in [0.25, 0.3) is 0 Å². The summed E-state index contributed by atoms with van der Waals surface area (Å²) in [5, 5.41) is 0. The Balaban J connectivity index is 2.31. The zero-order valence-electron chi connectivity index (χ0n) is 12.6. The van der Waals surface area contributed by atoms with Crippen LogP contribution in [0.2, 0.25) is 0 Å². The van der Waals surface area contributed by atoms with Gasteiger partial charge in [-0.2, -0.15) is 0 Å². The highest BCUT2D eigenvalue weighted by molar-refractivity contribution is 5.44. The lowest BCUT2D eigenvalue weighted by Gasteiger charge is -2.24. The highest BCUT2D eigenvalue weighted by atomic mass is 16.5. The van der Waals surface area contributed by atoms with Gasteiger partial charge in [-0.15, -0.1) is 0 Å². The third-order valence-corrected chi connectivity index (χ3v) is 3.50. The van der Waals surface area contributed by atoms with Crippen LogP contribution in [0.5, 0.6) is 11.5 Å².